The minimum atomic E-state index is -3.41. The van der Waals surface area contributed by atoms with Crippen molar-refractivity contribution in [3.05, 3.63) is 102 Å². The van der Waals surface area contributed by atoms with E-state index in [0.717, 1.165) is 12.7 Å². The summed E-state index contributed by atoms with van der Waals surface area (Å²) in [6.45, 7) is 0.523. The fraction of sp³-hybridized carbons (Fsp3) is 0.208. The zero-order valence-electron chi connectivity index (χ0n) is 16.9. The van der Waals surface area contributed by atoms with Crippen molar-refractivity contribution in [1.82, 2.24) is 5.32 Å². The lowest BCUT2D eigenvalue weighted by Gasteiger charge is -2.18. The fourth-order valence-corrected chi connectivity index (χ4v) is 4.06. The van der Waals surface area contributed by atoms with Crippen LogP contribution in [0.1, 0.15) is 29.0 Å². The summed E-state index contributed by atoms with van der Waals surface area (Å²) in [7, 11) is -3.41. The molecule has 1 amide bonds. The van der Waals surface area contributed by atoms with Crippen LogP contribution >= 0.6 is 0 Å². The van der Waals surface area contributed by atoms with Crippen molar-refractivity contribution in [2.45, 2.75) is 18.8 Å². The van der Waals surface area contributed by atoms with E-state index in [1.54, 1.807) is 24.3 Å². The molecular weight excluding hydrogens is 396 g/mol. The summed E-state index contributed by atoms with van der Waals surface area (Å²) in [4.78, 5) is 12.5. The molecule has 3 rings (SSSR count). The molecule has 6 heteroatoms. The molecule has 0 spiro atoms. The maximum absolute atomic E-state index is 12.5. The normalized spacial score (nSPS) is 11.3. The molecule has 0 aliphatic carbocycles. The molecule has 0 aliphatic heterocycles. The van der Waals surface area contributed by atoms with Gasteiger partial charge in [-0.3, -0.25) is 9.52 Å². The summed E-state index contributed by atoms with van der Waals surface area (Å²) in [5, 5.41) is 2.98. The Hall–Kier alpha value is -3.12. The lowest BCUT2D eigenvalue weighted by Crippen LogP contribution is -2.27. The van der Waals surface area contributed by atoms with Crippen molar-refractivity contribution in [2.75, 3.05) is 17.5 Å². The number of para-hydroxylation sites is 1. The summed E-state index contributed by atoms with van der Waals surface area (Å²) in [5.74, 6) is 0.0458. The SMILES string of the molecule is CS(=O)(=O)Nc1ccccc1CC(=O)NCCC(c1ccccc1)c1ccccc1. The van der Waals surface area contributed by atoms with Gasteiger partial charge in [-0.05, 0) is 29.2 Å². The van der Waals surface area contributed by atoms with Gasteiger partial charge in [0.05, 0.1) is 18.4 Å². The molecule has 5 nitrogen and oxygen atoms in total. The van der Waals surface area contributed by atoms with Crippen molar-refractivity contribution in [3.8, 4) is 0 Å². The van der Waals surface area contributed by atoms with Crippen LogP contribution in [-0.4, -0.2) is 27.1 Å². The van der Waals surface area contributed by atoms with Gasteiger partial charge in [0.1, 0.15) is 0 Å². The summed E-state index contributed by atoms with van der Waals surface area (Å²) < 4.78 is 25.6. The van der Waals surface area contributed by atoms with Crippen molar-refractivity contribution in [3.63, 3.8) is 0 Å². The van der Waals surface area contributed by atoms with Crippen LogP contribution < -0.4 is 10.0 Å². The Balaban J connectivity index is 1.63. The predicted octanol–water partition coefficient (Wildman–Crippen LogP) is 3.94. The smallest absolute Gasteiger partial charge is 0.229 e. The topological polar surface area (TPSA) is 75.3 Å². The highest BCUT2D eigenvalue weighted by atomic mass is 32.2. The summed E-state index contributed by atoms with van der Waals surface area (Å²) >= 11 is 0. The average Bonchev–Trinajstić information content (AvgIpc) is 2.73. The van der Waals surface area contributed by atoms with E-state index >= 15 is 0 Å². The molecule has 156 valence electrons. The van der Waals surface area contributed by atoms with Crippen LogP contribution in [0.25, 0.3) is 0 Å². The van der Waals surface area contributed by atoms with Crippen LogP contribution in [-0.2, 0) is 21.2 Å². The van der Waals surface area contributed by atoms with Crippen LogP contribution in [0.3, 0.4) is 0 Å². The van der Waals surface area contributed by atoms with Crippen molar-refractivity contribution in [2.24, 2.45) is 0 Å². The Morgan fingerprint density at radius 3 is 1.93 bits per heavy atom. The Bertz CT molecular complexity index is 1030. The van der Waals surface area contributed by atoms with Gasteiger partial charge in [0.25, 0.3) is 0 Å². The first-order valence-corrected chi connectivity index (χ1v) is 11.7. The van der Waals surface area contributed by atoms with Crippen LogP contribution in [0.15, 0.2) is 84.9 Å². The quantitative estimate of drug-likeness (QED) is 0.548. The first-order valence-electron chi connectivity index (χ1n) is 9.84. The van der Waals surface area contributed by atoms with Crippen molar-refractivity contribution >= 4 is 21.6 Å². The minimum absolute atomic E-state index is 0.111. The van der Waals surface area contributed by atoms with Gasteiger partial charge in [0.2, 0.25) is 15.9 Å². The summed E-state index contributed by atoms with van der Waals surface area (Å²) in [6, 6.07) is 27.4. The van der Waals surface area contributed by atoms with Gasteiger partial charge in [0, 0.05) is 12.5 Å². The fourth-order valence-electron chi connectivity index (χ4n) is 3.46. The summed E-state index contributed by atoms with van der Waals surface area (Å²) in [6.07, 6.45) is 1.97. The van der Waals surface area contributed by atoms with E-state index in [-0.39, 0.29) is 18.2 Å². The number of hydrogen-bond donors (Lipinski definition) is 2. The van der Waals surface area contributed by atoms with Crippen LogP contribution in [0.4, 0.5) is 5.69 Å². The zero-order chi connectivity index (χ0) is 21.4. The van der Waals surface area contributed by atoms with Crippen LogP contribution in [0, 0.1) is 0 Å². The largest absolute Gasteiger partial charge is 0.356 e. The predicted molar refractivity (Wildman–Crippen MR) is 121 cm³/mol. The number of rotatable bonds is 9. The molecule has 3 aromatic rings. The number of nitrogens with one attached hydrogen (secondary N) is 2. The molecule has 30 heavy (non-hydrogen) atoms. The summed E-state index contributed by atoms with van der Waals surface area (Å²) in [5.41, 5.74) is 3.49. The highest BCUT2D eigenvalue weighted by molar-refractivity contribution is 7.92. The highest BCUT2D eigenvalue weighted by Gasteiger charge is 2.15. The van der Waals surface area contributed by atoms with Gasteiger partial charge in [-0.15, -0.1) is 0 Å². The number of sulfonamides is 1. The Labute approximate surface area is 178 Å². The average molecular weight is 423 g/mol. The molecule has 2 N–H and O–H groups in total. The number of benzene rings is 3. The molecule has 0 saturated carbocycles. The van der Waals surface area contributed by atoms with Gasteiger partial charge in [-0.25, -0.2) is 8.42 Å². The van der Waals surface area contributed by atoms with Crippen LogP contribution in [0.2, 0.25) is 0 Å². The van der Waals surface area contributed by atoms with E-state index in [0.29, 0.717) is 17.8 Å². The number of amides is 1. The van der Waals surface area contributed by atoms with Gasteiger partial charge in [-0.2, -0.15) is 0 Å². The number of carbonyl (C=O) groups is 1. The molecule has 0 atom stereocenters. The minimum Gasteiger partial charge on any atom is -0.356 e. The molecule has 0 fully saturated rings. The third-order valence-corrected chi connectivity index (χ3v) is 5.41. The van der Waals surface area contributed by atoms with Gasteiger partial charge >= 0.3 is 0 Å². The highest BCUT2D eigenvalue weighted by Crippen LogP contribution is 2.27. The Morgan fingerprint density at radius 2 is 1.37 bits per heavy atom. The maximum Gasteiger partial charge on any atom is 0.229 e. The number of carbonyl (C=O) groups excluding carboxylic acids is 1. The first-order chi connectivity index (χ1) is 14.4. The monoisotopic (exact) mass is 422 g/mol. The molecule has 0 bridgehead atoms. The second kappa shape index (κ2) is 10.1. The Kier molecular flexibility index (Phi) is 7.25. The molecule has 0 aromatic heterocycles. The first kappa shape index (κ1) is 21.6. The van der Waals surface area contributed by atoms with Gasteiger partial charge in [-0.1, -0.05) is 78.9 Å². The Morgan fingerprint density at radius 1 is 0.833 bits per heavy atom. The van der Waals surface area contributed by atoms with Gasteiger partial charge < -0.3 is 5.32 Å². The van der Waals surface area contributed by atoms with E-state index < -0.39 is 10.0 Å². The van der Waals surface area contributed by atoms with E-state index in [2.05, 4.69) is 34.3 Å². The van der Waals surface area contributed by atoms with Crippen molar-refractivity contribution < 1.29 is 13.2 Å². The van der Waals surface area contributed by atoms with E-state index in [4.69, 9.17) is 0 Å². The second-order valence-electron chi connectivity index (χ2n) is 7.22. The molecule has 0 saturated heterocycles. The standard InChI is InChI=1S/C24H26N2O3S/c1-30(28,29)26-23-15-9-8-14-21(23)18-24(27)25-17-16-22(19-10-4-2-5-11-19)20-12-6-3-7-13-20/h2-15,22,26H,16-18H2,1H3,(H,25,27). The van der Waals surface area contributed by atoms with Crippen molar-refractivity contribution in [1.29, 1.82) is 0 Å². The molecule has 3 aromatic carbocycles. The van der Waals surface area contributed by atoms with Crippen LogP contribution in [0.5, 0.6) is 0 Å². The number of hydrogen-bond acceptors (Lipinski definition) is 3. The molecule has 0 unspecified atom stereocenters. The molecule has 0 heterocycles. The lowest BCUT2D eigenvalue weighted by molar-refractivity contribution is -0.120. The molecule has 0 radical (unpaired) electrons. The molecule has 0 aliphatic rings. The molecular formula is C24H26N2O3S. The van der Waals surface area contributed by atoms with E-state index in [9.17, 15) is 13.2 Å². The third kappa shape index (κ3) is 6.46. The second-order valence-corrected chi connectivity index (χ2v) is 8.97. The zero-order valence-corrected chi connectivity index (χ0v) is 17.7. The maximum atomic E-state index is 12.5. The third-order valence-electron chi connectivity index (χ3n) is 4.82. The van der Waals surface area contributed by atoms with E-state index in [1.165, 1.54) is 11.1 Å². The number of anilines is 1. The lowest BCUT2D eigenvalue weighted by atomic mass is 9.88. The van der Waals surface area contributed by atoms with E-state index in [1.807, 2.05) is 36.4 Å². The van der Waals surface area contributed by atoms with Gasteiger partial charge in [0.15, 0.2) is 0 Å².